The number of aromatic amines is 1. The predicted octanol–water partition coefficient (Wildman–Crippen LogP) is 3.71. The highest BCUT2D eigenvalue weighted by molar-refractivity contribution is 5.75. The number of nitrogens with zero attached hydrogens (tertiary/aromatic N) is 1. The first kappa shape index (κ1) is 12.7. The van der Waals surface area contributed by atoms with Crippen LogP contribution < -0.4 is 0 Å². The smallest absolute Gasteiger partial charge is 0.161 e. The first-order valence-electron chi connectivity index (χ1n) is 5.81. The number of benzene rings is 2. The average Bonchev–Trinajstić information content (AvgIpc) is 2.76. The molecule has 0 aliphatic heterocycles. The van der Waals surface area contributed by atoms with E-state index in [4.69, 9.17) is 0 Å². The van der Waals surface area contributed by atoms with Crippen molar-refractivity contribution in [3.8, 4) is 0 Å². The predicted molar refractivity (Wildman–Crippen MR) is 65.2 cm³/mol. The van der Waals surface area contributed by atoms with Crippen molar-refractivity contribution >= 4 is 11.0 Å². The van der Waals surface area contributed by atoms with Crippen LogP contribution in [-0.2, 0) is 6.42 Å². The number of fused-ring (bicyclic) bond motifs is 1. The highest BCUT2D eigenvalue weighted by atomic mass is 19.2. The van der Waals surface area contributed by atoms with E-state index in [-0.39, 0.29) is 28.8 Å². The Morgan fingerprint density at radius 2 is 1.55 bits per heavy atom. The highest BCUT2D eigenvalue weighted by Gasteiger charge is 2.13. The second-order valence-electron chi connectivity index (χ2n) is 4.34. The fraction of sp³-hybridized carbons (Fsp3) is 0.0714. The van der Waals surface area contributed by atoms with Gasteiger partial charge in [-0.25, -0.2) is 22.5 Å². The molecular formula is C14H8F4N2. The van der Waals surface area contributed by atoms with E-state index in [1.807, 2.05) is 0 Å². The maximum absolute atomic E-state index is 13.5. The number of hydrogen-bond acceptors (Lipinski definition) is 1. The topological polar surface area (TPSA) is 28.7 Å². The second-order valence-corrected chi connectivity index (χ2v) is 4.34. The second kappa shape index (κ2) is 4.63. The van der Waals surface area contributed by atoms with Crippen molar-refractivity contribution in [3.63, 3.8) is 0 Å². The summed E-state index contributed by atoms with van der Waals surface area (Å²) in [5, 5.41) is 0. The normalized spacial score (nSPS) is 11.2. The van der Waals surface area contributed by atoms with Crippen molar-refractivity contribution in [2.24, 2.45) is 0 Å². The molecular weight excluding hydrogens is 272 g/mol. The van der Waals surface area contributed by atoms with Crippen LogP contribution in [0.15, 0.2) is 30.3 Å². The molecule has 102 valence electrons. The molecule has 1 N–H and O–H groups in total. The molecule has 6 heteroatoms. The number of nitrogens with one attached hydrogen (secondary N) is 1. The van der Waals surface area contributed by atoms with Gasteiger partial charge in [-0.05, 0) is 12.1 Å². The van der Waals surface area contributed by atoms with Crippen LogP contribution in [0.1, 0.15) is 11.4 Å². The number of imidazole rings is 1. The largest absolute Gasteiger partial charge is 0.342 e. The molecule has 0 aliphatic carbocycles. The Morgan fingerprint density at radius 1 is 0.900 bits per heavy atom. The lowest BCUT2D eigenvalue weighted by molar-refractivity contribution is 0.510. The first-order valence-corrected chi connectivity index (χ1v) is 5.81. The standard InChI is InChI=1S/C14H8F4N2/c15-8-2-1-3-9(16)7(8)4-14-19-12-5-10(17)11(18)6-13(12)20-14/h1-3,5-6H,4H2,(H,19,20). The molecule has 0 aliphatic rings. The van der Waals surface area contributed by atoms with Crippen LogP contribution in [0, 0.1) is 23.3 Å². The van der Waals surface area contributed by atoms with E-state index < -0.39 is 23.3 Å². The minimum absolute atomic E-state index is 0.129. The van der Waals surface area contributed by atoms with E-state index in [0.29, 0.717) is 0 Å². The Hall–Kier alpha value is -2.37. The third-order valence-corrected chi connectivity index (χ3v) is 2.98. The number of halogens is 4. The molecule has 2 nitrogen and oxygen atoms in total. The van der Waals surface area contributed by atoms with Crippen LogP contribution >= 0.6 is 0 Å². The minimum atomic E-state index is -1.02. The Kier molecular flexibility index (Phi) is 2.93. The molecule has 0 amide bonds. The molecule has 1 heterocycles. The maximum Gasteiger partial charge on any atom is 0.161 e. The van der Waals surface area contributed by atoms with Crippen LogP contribution in [0.2, 0.25) is 0 Å². The quantitative estimate of drug-likeness (QED) is 0.712. The minimum Gasteiger partial charge on any atom is -0.342 e. The third-order valence-electron chi connectivity index (χ3n) is 2.98. The van der Waals surface area contributed by atoms with Gasteiger partial charge in [0.15, 0.2) is 11.6 Å². The summed E-state index contributed by atoms with van der Waals surface area (Å²) < 4.78 is 53.2. The lowest BCUT2D eigenvalue weighted by Gasteiger charge is -2.01. The summed E-state index contributed by atoms with van der Waals surface area (Å²) in [6.07, 6.45) is -0.129. The van der Waals surface area contributed by atoms with E-state index in [2.05, 4.69) is 9.97 Å². The molecule has 0 fully saturated rings. The monoisotopic (exact) mass is 280 g/mol. The van der Waals surface area contributed by atoms with Gasteiger partial charge >= 0.3 is 0 Å². The molecule has 3 rings (SSSR count). The highest BCUT2D eigenvalue weighted by Crippen LogP contribution is 2.20. The third kappa shape index (κ3) is 2.13. The fourth-order valence-electron chi connectivity index (χ4n) is 2.01. The van der Waals surface area contributed by atoms with Gasteiger partial charge in [-0.1, -0.05) is 6.07 Å². The van der Waals surface area contributed by atoms with E-state index >= 15 is 0 Å². The molecule has 0 spiro atoms. The molecule has 0 saturated carbocycles. The summed E-state index contributed by atoms with van der Waals surface area (Å²) in [7, 11) is 0. The van der Waals surface area contributed by atoms with Crippen molar-refractivity contribution in [3.05, 3.63) is 65.0 Å². The molecule has 3 aromatic rings. The van der Waals surface area contributed by atoms with Gasteiger partial charge < -0.3 is 4.98 Å². The Morgan fingerprint density at radius 3 is 2.25 bits per heavy atom. The molecule has 0 unspecified atom stereocenters. The van der Waals surface area contributed by atoms with E-state index in [0.717, 1.165) is 24.3 Å². The molecule has 0 radical (unpaired) electrons. The molecule has 0 atom stereocenters. The zero-order chi connectivity index (χ0) is 14.3. The Labute approximate surface area is 111 Å². The summed E-state index contributed by atoms with van der Waals surface area (Å²) >= 11 is 0. The van der Waals surface area contributed by atoms with Crippen molar-refractivity contribution in [1.82, 2.24) is 9.97 Å². The van der Waals surface area contributed by atoms with Crippen molar-refractivity contribution < 1.29 is 17.6 Å². The molecule has 2 aromatic carbocycles. The van der Waals surface area contributed by atoms with E-state index in [9.17, 15) is 17.6 Å². The Balaban J connectivity index is 2.03. The zero-order valence-electron chi connectivity index (χ0n) is 10.1. The molecule has 0 bridgehead atoms. The maximum atomic E-state index is 13.5. The summed E-state index contributed by atoms with van der Waals surface area (Å²) in [5.41, 5.74) is 0.332. The lowest BCUT2D eigenvalue weighted by Crippen LogP contribution is -1.98. The molecule has 0 saturated heterocycles. The van der Waals surface area contributed by atoms with Crippen LogP contribution in [0.5, 0.6) is 0 Å². The van der Waals surface area contributed by atoms with E-state index in [1.54, 1.807) is 0 Å². The number of aromatic nitrogens is 2. The van der Waals surface area contributed by atoms with Crippen LogP contribution in [0.3, 0.4) is 0 Å². The first-order chi connectivity index (χ1) is 9.54. The van der Waals surface area contributed by atoms with Gasteiger partial charge in [-0.15, -0.1) is 0 Å². The summed E-state index contributed by atoms with van der Waals surface area (Å²) in [6, 6.07) is 5.43. The number of H-pyrrole nitrogens is 1. The summed E-state index contributed by atoms with van der Waals surface area (Å²) in [4.78, 5) is 6.71. The summed E-state index contributed by atoms with van der Waals surface area (Å²) in [6.45, 7) is 0. The van der Waals surface area contributed by atoms with Crippen LogP contribution in [0.25, 0.3) is 11.0 Å². The van der Waals surface area contributed by atoms with Crippen molar-refractivity contribution in [2.75, 3.05) is 0 Å². The van der Waals surface area contributed by atoms with Gasteiger partial charge in [0.05, 0.1) is 11.0 Å². The fourth-order valence-corrected chi connectivity index (χ4v) is 2.01. The lowest BCUT2D eigenvalue weighted by atomic mass is 10.1. The van der Waals surface area contributed by atoms with Gasteiger partial charge in [0.25, 0.3) is 0 Å². The molecule has 20 heavy (non-hydrogen) atoms. The Bertz CT molecular complexity index is 736. The van der Waals surface area contributed by atoms with Crippen LogP contribution in [-0.4, -0.2) is 9.97 Å². The number of hydrogen-bond donors (Lipinski definition) is 1. The SMILES string of the molecule is Fc1cc2nc(Cc3c(F)cccc3F)[nH]c2cc1F. The zero-order valence-corrected chi connectivity index (χ0v) is 10.1. The van der Waals surface area contributed by atoms with Gasteiger partial charge in [-0.3, -0.25) is 0 Å². The van der Waals surface area contributed by atoms with Crippen molar-refractivity contribution in [1.29, 1.82) is 0 Å². The summed E-state index contributed by atoms with van der Waals surface area (Å²) in [5.74, 6) is -3.18. The van der Waals surface area contributed by atoms with Gasteiger partial charge in [0.2, 0.25) is 0 Å². The van der Waals surface area contributed by atoms with Crippen molar-refractivity contribution in [2.45, 2.75) is 6.42 Å². The van der Waals surface area contributed by atoms with E-state index in [1.165, 1.54) is 6.07 Å². The van der Waals surface area contributed by atoms with Crippen LogP contribution in [0.4, 0.5) is 17.6 Å². The van der Waals surface area contributed by atoms with Gasteiger partial charge in [0.1, 0.15) is 17.5 Å². The average molecular weight is 280 g/mol. The van der Waals surface area contributed by atoms with Gasteiger partial charge in [-0.2, -0.15) is 0 Å². The van der Waals surface area contributed by atoms with Gasteiger partial charge in [0, 0.05) is 24.1 Å². The molecule has 1 aromatic heterocycles. The number of rotatable bonds is 2.